The number of nitrogens with zero attached hydrogens (tertiary/aromatic N) is 1. The van der Waals surface area contributed by atoms with Gasteiger partial charge in [0, 0.05) is 6.42 Å². The standard InChI is InChI=1S/C8H11N3O3S/c1-2-14-6(12)4-3-5-7(13)9-8(15)11-10-5/h2-4H2,1H3,(H2,9,11,13,15). The van der Waals surface area contributed by atoms with Crippen LogP contribution in [0.3, 0.4) is 0 Å². The fourth-order valence-electron chi connectivity index (χ4n) is 0.995. The largest absolute Gasteiger partial charge is 0.466 e. The molecule has 0 unspecified atom stereocenters. The average molecular weight is 229 g/mol. The van der Waals surface area contributed by atoms with Crippen molar-refractivity contribution in [2.45, 2.75) is 19.8 Å². The number of esters is 1. The van der Waals surface area contributed by atoms with Crippen LogP contribution in [-0.2, 0) is 16.0 Å². The molecular formula is C8H11N3O3S. The summed E-state index contributed by atoms with van der Waals surface area (Å²) in [7, 11) is 0. The first-order valence-corrected chi connectivity index (χ1v) is 4.87. The smallest absolute Gasteiger partial charge is 0.306 e. The third-order valence-corrected chi connectivity index (χ3v) is 1.85. The van der Waals surface area contributed by atoms with Gasteiger partial charge < -0.3 is 4.74 Å². The molecule has 0 atom stereocenters. The number of nitrogens with one attached hydrogen (secondary N) is 2. The Balaban J connectivity index is 2.62. The predicted molar refractivity (Wildman–Crippen MR) is 55.0 cm³/mol. The lowest BCUT2D eigenvalue weighted by atomic mass is 10.2. The SMILES string of the molecule is CCOC(=O)CCc1n[nH]c(=S)[nH]c1=O. The van der Waals surface area contributed by atoms with Crippen molar-refractivity contribution in [2.75, 3.05) is 6.61 Å². The molecule has 0 aliphatic heterocycles. The Hall–Kier alpha value is -1.50. The van der Waals surface area contributed by atoms with Crippen molar-refractivity contribution < 1.29 is 9.53 Å². The summed E-state index contributed by atoms with van der Waals surface area (Å²) in [6, 6.07) is 0. The zero-order valence-corrected chi connectivity index (χ0v) is 9.02. The van der Waals surface area contributed by atoms with Crippen molar-refractivity contribution in [3.05, 3.63) is 20.8 Å². The fourth-order valence-corrected chi connectivity index (χ4v) is 1.13. The third-order valence-electron chi connectivity index (χ3n) is 1.65. The molecular weight excluding hydrogens is 218 g/mol. The number of aromatic nitrogens is 3. The maximum absolute atomic E-state index is 11.3. The molecule has 1 heterocycles. The highest BCUT2D eigenvalue weighted by atomic mass is 32.1. The molecule has 0 saturated heterocycles. The maximum Gasteiger partial charge on any atom is 0.306 e. The van der Waals surface area contributed by atoms with Gasteiger partial charge >= 0.3 is 5.97 Å². The number of carbonyl (C=O) groups excluding carboxylic acids is 1. The molecule has 0 saturated carbocycles. The zero-order valence-electron chi connectivity index (χ0n) is 8.20. The molecule has 0 aliphatic rings. The van der Waals surface area contributed by atoms with Crippen LogP contribution in [0.25, 0.3) is 0 Å². The quantitative estimate of drug-likeness (QED) is 0.573. The van der Waals surface area contributed by atoms with E-state index in [1.807, 2.05) is 0 Å². The Morgan fingerprint density at radius 3 is 2.93 bits per heavy atom. The lowest BCUT2D eigenvalue weighted by Gasteiger charge is -2.00. The second-order valence-electron chi connectivity index (χ2n) is 2.76. The summed E-state index contributed by atoms with van der Waals surface area (Å²) in [5.74, 6) is -0.346. The molecule has 0 aliphatic carbocycles. The topological polar surface area (TPSA) is 87.8 Å². The monoisotopic (exact) mass is 229 g/mol. The Morgan fingerprint density at radius 1 is 1.60 bits per heavy atom. The number of hydrogen-bond acceptors (Lipinski definition) is 5. The number of aromatic amines is 2. The molecule has 6 nitrogen and oxygen atoms in total. The van der Waals surface area contributed by atoms with Crippen LogP contribution in [0.15, 0.2) is 4.79 Å². The molecule has 1 rings (SSSR count). The second kappa shape index (κ2) is 5.40. The van der Waals surface area contributed by atoms with Crippen molar-refractivity contribution in [3.63, 3.8) is 0 Å². The highest BCUT2D eigenvalue weighted by Gasteiger charge is 2.06. The number of hydrogen-bond donors (Lipinski definition) is 2. The van der Waals surface area contributed by atoms with Crippen LogP contribution in [0.5, 0.6) is 0 Å². The molecule has 0 spiro atoms. The summed E-state index contributed by atoms with van der Waals surface area (Å²) in [4.78, 5) is 24.6. The van der Waals surface area contributed by atoms with Gasteiger partial charge in [-0.3, -0.25) is 19.7 Å². The molecule has 15 heavy (non-hydrogen) atoms. The van der Waals surface area contributed by atoms with Crippen LogP contribution < -0.4 is 5.56 Å². The van der Waals surface area contributed by atoms with Crippen molar-refractivity contribution in [3.8, 4) is 0 Å². The van der Waals surface area contributed by atoms with E-state index in [2.05, 4.69) is 27.4 Å². The number of aryl methyl sites for hydroxylation is 1. The highest BCUT2D eigenvalue weighted by Crippen LogP contribution is 1.93. The average Bonchev–Trinajstić information content (AvgIpc) is 2.17. The van der Waals surface area contributed by atoms with Crippen molar-refractivity contribution in [1.82, 2.24) is 15.2 Å². The van der Waals surface area contributed by atoms with Gasteiger partial charge in [0.25, 0.3) is 5.56 Å². The molecule has 1 aromatic heterocycles. The lowest BCUT2D eigenvalue weighted by molar-refractivity contribution is -0.143. The van der Waals surface area contributed by atoms with E-state index in [9.17, 15) is 9.59 Å². The second-order valence-corrected chi connectivity index (χ2v) is 3.17. The molecule has 7 heteroatoms. The molecule has 82 valence electrons. The van der Waals surface area contributed by atoms with E-state index in [1.54, 1.807) is 6.92 Å². The van der Waals surface area contributed by atoms with Crippen LogP contribution in [0.4, 0.5) is 0 Å². The van der Waals surface area contributed by atoms with E-state index in [1.165, 1.54) is 0 Å². The van der Waals surface area contributed by atoms with Gasteiger partial charge in [0.2, 0.25) is 0 Å². The van der Waals surface area contributed by atoms with Gasteiger partial charge in [-0.1, -0.05) is 0 Å². The Bertz CT molecular complexity index is 451. The third kappa shape index (κ3) is 3.62. The molecule has 0 bridgehead atoms. The summed E-state index contributed by atoms with van der Waals surface area (Å²) in [5.41, 5.74) is -0.125. The lowest BCUT2D eigenvalue weighted by Crippen LogP contribution is -2.18. The number of rotatable bonds is 4. The maximum atomic E-state index is 11.3. The number of H-pyrrole nitrogens is 2. The van der Waals surface area contributed by atoms with Crippen molar-refractivity contribution in [2.24, 2.45) is 0 Å². The van der Waals surface area contributed by atoms with E-state index >= 15 is 0 Å². The van der Waals surface area contributed by atoms with Crippen LogP contribution in [0.2, 0.25) is 0 Å². The summed E-state index contributed by atoms with van der Waals surface area (Å²) in [6.07, 6.45) is 0.370. The summed E-state index contributed by atoms with van der Waals surface area (Å²) in [6.45, 7) is 2.06. The molecule has 2 N–H and O–H groups in total. The van der Waals surface area contributed by atoms with Gasteiger partial charge in [-0.25, -0.2) is 0 Å². The summed E-state index contributed by atoms with van der Waals surface area (Å²) >= 11 is 4.67. The first-order valence-electron chi connectivity index (χ1n) is 4.47. The van der Waals surface area contributed by atoms with E-state index in [0.29, 0.717) is 6.61 Å². The Labute approximate surface area is 90.7 Å². The van der Waals surface area contributed by atoms with Gasteiger partial charge in [0.1, 0.15) is 5.69 Å². The molecule has 0 radical (unpaired) electrons. The zero-order chi connectivity index (χ0) is 11.3. The van der Waals surface area contributed by atoms with E-state index in [4.69, 9.17) is 4.74 Å². The van der Waals surface area contributed by atoms with Crippen LogP contribution in [0, 0.1) is 4.77 Å². The van der Waals surface area contributed by atoms with Crippen molar-refractivity contribution in [1.29, 1.82) is 0 Å². The van der Waals surface area contributed by atoms with E-state index in [-0.39, 0.29) is 34.8 Å². The minimum Gasteiger partial charge on any atom is -0.466 e. The van der Waals surface area contributed by atoms with Crippen LogP contribution >= 0.6 is 12.2 Å². The van der Waals surface area contributed by atoms with Crippen LogP contribution in [0.1, 0.15) is 19.0 Å². The first-order chi connectivity index (χ1) is 7.13. The van der Waals surface area contributed by atoms with Gasteiger partial charge in [0.05, 0.1) is 13.0 Å². The predicted octanol–water partition coefficient (Wildman–Crippen LogP) is 0.323. The van der Waals surface area contributed by atoms with E-state index in [0.717, 1.165) is 0 Å². The fraction of sp³-hybridized carbons (Fsp3) is 0.500. The van der Waals surface area contributed by atoms with E-state index < -0.39 is 0 Å². The number of carbonyl (C=O) groups is 1. The highest BCUT2D eigenvalue weighted by molar-refractivity contribution is 7.71. The summed E-state index contributed by atoms with van der Waals surface area (Å²) in [5, 5.41) is 6.18. The van der Waals surface area contributed by atoms with Crippen LogP contribution in [-0.4, -0.2) is 27.8 Å². The molecule has 0 aromatic carbocycles. The minimum absolute atomic E-state index is 0.133. The molecule has 0 amide bonds. The van der Waals surface area contributed by atoms with Gasteiger partial charge in [-0.05, 0) is 19.1 Å². The number of ether oxygens (including phenoxy) is 1. The molecule has 1 aromatic rings. The van der Waals surface area contributed by atoms with Gasteiger partial charge in [-0.15, -0.1) is 0 Å². The summed E-state index contributed by atoms with van der Waals surface area (Å²) < 4.78 is 4.88. The van der Waals surface area contributed by atoms with Gasteiger partial charge in [-0.2, -0.15) is 5.10 Å². The normalized spacial score (nSPS) is 9.93. The first kappa shape index (κ1) is 11.6. The minimum atomic E-state index is -0.372. The Morgan fingerprint density at radius 2 is 2.33 bits per heavy atom. The Kier molecular flexibility index (Phi) is 4.17. The molecule has 0 fully saturated rings. The van der Waals surface area contributed by atoms with Gasteiger partial charge in [0.15, 0.2) is 4.77 Å². The van der Waals surface area contributed by atoms with Crippen molar-refractivity contribution >= 4 is 18.2 Å².